The third-order valence-corrected chi connectivity index (χ3v) is 4.71. The van der Waals surface area contributed by atoms with E-state index in [2.05, 4.69) is 13.8 Å². The smallest absolute Gasteiger partial charge is 0.175 e. The van der Waals surface area contributed by atoms with E-state index in [1.54, 1.807) is 12.1 Å². The predicted octanol–water partition coefficient (Wildman–Crippen LogP) is 1.54. The van der Waals surface area contributed by atoms with Crippen LogP contribution in [0.15, 0.2) is 29.2 Å². The Morgan fingerprint density at radius 3 is 1.94 bits per heavy atom. The number of hydrogen-bond acceptors (Lipinski definition) is 3. The van der Waals surface area contributed by atoms with Gasteiger partial charge in [-0.25, -0.2) is 8.42 Å². The van der Waals surface area contributed by atoms with Gasteiger partial charge in [-0.2, -0.15) is 0 Å². The van der Waals surface area contributed by atoms with Gasteiger partial charge in [-0.15, -0.1) is 0 Å². The van der Waals surface area contributed by atoms with Gasteiger partial charge >= 0.3 is 0 Å². The topological polar surface area (TPSA) is 60.2 Å². The fourth-order valence-corrected chi connectivity index (χ4v) is 2.87. The van der Waals surface area contributed by atoms with Crippen molar-refractivity contribution in [3.05, 3.63) is 29.8 Å². The summed E-state index contributed by atoms with van der Waals surface area (Å²) in [7, 11) is -3.10. The predicted molar refractivity (Wildman–Crippen MR) is 64.0 cm³/mol. The lowest BCUT2D eigenvalue weighted by Gasteiger charge is -2.04. The second kappa shape index (κ2) is 3.31. The van der Waals surface area contributed by atoms with Crippen molar-refractivity contribution in [2.24, 2.45) is 11.1 Å². The van der Waals surface area contributed by atoms with E-state index in [-0.39, 0.29) is 11.5 Å². The van der Waals surface area contributed by atoms with E-state index >= 15 is 0 Å². The Hall–Kier alpha value is -0.870. The highest BCUT2D eigenvalue weighted by molar-refractivity contribution is 7.90. The summed E-state index contributed by atoms with van der Waals surface area (Å²) < 4.78 is 22.6. The molecular weight excluding hydrogens is 222 g/mol. The van der Waals surface area contributed by atoms with Crippen LogP contribution in [-0.4, -0.2) is 20.7 Å². The van der Waals surface area contributed by atoms with Crippen LogP contribution in [-0.2, 0) is 9.84 Å². The molecule has 16 heavy (non-hydrogen) atoms. The van der Waals surface area contributed by atoms with Gasteiger partial charge in [-0.3, -0.25) is 0 Å². The number of rotatable bonds is 2. The molecule has 1 aliphatic rings. The molecule has 2 atom stereocenters. The maximum absolute atomic E-state index is 11.3. The lowest BCUT2D eigenvalue weighted by atomic mass is 10.0. The van der Waals surface area contributed by atoms with E-state index < -0.39 is 9.84 Å². The van der Waals surface area contributed by atoms with E-state index in [4.69, 9.17) is 5.73 Å². The van der Waals surface area contributed by atoms with Crippen LogP contribution in [0, 0.1) is 5.41 Å². The molecule has 0 aliphatic heterocycles. The fourth-order valence-electron chi connectivity index (χ4n) is 2.24. The zero-order chi connectivity index (χ0) is 12.1. The van der Waals surface area contributed by atoms with Crippen LogP contribution in [0.5, 0.6) is 0 Å². The molecule has 0 bridgehead atoms. The molecule has 4 heteroatoms. The molecule has 2 rings (SSSR count). The summed E-state index contributed by atoms with van der Waals surface area (Å²) in [6, 6.07) is 7.24. The lowest BCUT2D eigenvalue weighted by Crippen LogP contribution is -2.06. The molecule has 2 N–H and O–H groups in total. The van der Waals surface area contributed by atoms with Crippen LogP contribution in [0.25, 0.3) is 0 Å². The molecule has 0 aromatic heterocycles. The first-order valence-corrected chi connectivity index (χ1v) is 7.19. The Labute approximate surface area is 96.6 Å². The molecule has 0 amide bonds. The van der Waals surface area contributed by atoms with E-state index in [9.17, 15) is 8.42 Å². The van der Waals surface area contributed by atoms with Gasteiger partial charge in [-0.1, -0.05) is 26.0 Å². The maximum atomic E-state index is 11.3. The summed E-state index contributed by atoms with van der Waals surface area (Å²) in [4.78, 5) is 0.364. The van der Waals surface area contributed by atoms with E-state index in [1.807, 2.05) is 12.1 Å². The Bertz CT molecular complexity index is 502. The second-order valence-corrected chi connectivity index (χ2v) is 7.18. The molecule has 0 radical (unpaired) electrons. The van der Waals surface area contributed by atoms with Gasteiger partial charge in [0.2, 0.25) is 0 Å². The Kier molecular flexibility index (Phi) is 2.40. The standard InChI is InChI=1S/C12H17NO2S/c1-12(2)10(11(12)13)8-4-6-9(7-5-8)16(3,14)15/h4-7,10-11H,13H2,1-3H3/t10-,11-/m0/s1. The largest absolute Gasteiger partial charge is 0.327 e. The molecule has 3 nitrogen and oxygen atoms in total. The first-order chi connectivity index (χ1) is 7.24. The van der Waals surface area contributed by atoms with Crippen LogP contribution in [0.4, 0.5) is 0 Å². The maximum Gasteiger partial charge on any atom is 0.175 e. The summed E-state index contributed by atoms with van der Waals surface area (Å²) in [6.45, 7) is 4.26. The van der Waals surface area contributed by atoms with Crippen molar-refractivity contribution in [1.82, 2.24) is 0 Å². The highest BCUT2D eigenvalue weighted by atomic mass is 32.2. The van der Waals surface area contributed by atoms with Gasteiger partial charge < -0.3 is 5.73 Å². The molecule has 1 aromatic carbocycles. The average molecular weight is 239 g/mol. The molecule has 0 saturated heterocycles. The van der Waals surface area contributed by atoms with Crippen molar-refractivity contribution in [3.8, 4) is 0 Å². The van der Waals surface area contributed by atoms with Gasteiger partial charge in [-0.05, 0) is 23.1 Å². The van der Waals surface area contributed by atoms with Crippen molar-refractivity contribution in [2.75, 3.05) is 6.26 Å². The second-order valence-electron chi connectivity index (χ2n) is 5.17. The average Bonchev–Trinajstić information content (AvgIpc) is 2.65. The van der Waals surface area contributed by atoms with Crippen molar-refractivity contribution in [3.63, 3.8) is 0 Å². The Morgan fingerprint density at radius 2 is 1.62 bits per heavy atom. The molecule has 1 aliphatic carbocycles. The molecule has 0 spiro atoms. The number of benzene rings is 1. The molecule has 1 saturated carbocycles. The molecule has 0 unspecified atom stereocenters. The van der Waals surface area contributed by atoms with Gasteiger partial charge in [0, 0.05) is 18.2 Å². The first-order valence-electron chi connectivity index (χ1n) is 5.30. The third-order valence-electron chi connectivity index (χ3n) is 3.58. The molecule has 1 aromatic rings. The number of hydrogen-bond donors (Lipinski definition) is 1. The fraction of sp³-hybridized carbons (Fsp3) is 0.500. The Balaban J connectivity index is 2.29. The summed E-state index contributed by atoms with van der Waals surface area (Å²) in [5, 5.41) is 0. The molecule has 88 valence electrons. The minimum absolute atomic E-state index is 0.132. The van der Waals surface area contributed by atoms with Crippen molar-refractivity contribution >= 4 is 9.84 Å². The molecule has 0 heterocycles. The zero-order valence-electron chi connectivity index (χ0n) is 9.77. The number of nitrogens with two attached hydrogens (primary N) is 1. The van der Waals surface area contributed by atoms with Crippen LogP contribution >= 0.6 is 0 Å². The van der Waals surface area contributed by atoms with Crippen molar-refractivity contribution < 1.29 is 8.42 Å². The minimum atomic E-state index is -3.10. The van der Waals surface area contributed by atoms with Gasteiger partial charge in [0.25, 0.3) is 0 Å². The van der Waals surface area contributed by atoms with E-state index in [0.29, 0.717) is 10.8 Å². The van der Waals surface area contributed by atoms with Crippen molar-refractivity contribution in [2.45, 2.75) is 30.7 Å². The summed E-state index contributed by atoms with van der Waals surface area (Å²) in [6.07, 6.45) is 1.22. The zero-order valence-corrected chi connectivity index (χ0v) is 10.6. The van der Waals surface area contributed by atoms with Crippen LogP contribution in [0.3, 0.4) is 0 Å². The minimum Gasteiger partial charge on any atom is -0.327 e. The van der Waals surface area contributed by atoms with E-state index in [0.717, 1.165) is 5.56 Å². The van der Waals surface area contributed by atoms with Gasteiger partial charge in [0.05, 0.1) is 4.90 Å². The van der Waals surface area contributed by atoms with Crippen LogP contribution in [0.2, 0.25) is 0 Å². The summed E-state index contributed by atoms with van der Waals surface area (Å²) in [5.41, 5.74) is 7.24. The quantitative estimate of drug-likeness (QED) is 0.851. The SMILES string of the molecule is CC1(C)[C@@H](N)[C@@H]1c1ccc(S(C)(=O)=O)cc1. The molecule has 1 fully saturated rings. The number of sulfone groups is 1. The van der Waals surface area contributed by atoms with Gasteiger partial charge in [0.1, 0.15) is 0 Å². The van der Waals surface area contributed by atoms with Crippen LogP contribution < -0.4 is 5.73 Å². The monoisotopic (exact) mass is 239 g/mol. The van der Waals surface area contributed by atoms with Crippen LogP contribution in [0.1, 0.15) is 25.3 Å². The lowest BCUT2D eigenvalue weighted by molar-refractivity contribution is 0.598. The van der Waals surface area contributed by atoms with Gasteiger partial charge in [0.15, 0.2) is 9.84 Å². The summed E-state index contributed by atoms with van der Waals surface area (Å²) >= 11 is 0. The first kappa shape index (κ1) is 11.6. The normalized spacial score (nSPS) is 27.8. The highest BCUT2D eigenvalue weighted by Gasteiger charge is 2.55. The highest BCUT2D eigenvalue weighted by Crippen LogP contribution is 2.57. The summed E-state index contributed by atoms with van der Waals surface area (Å²) in [5.74, 6) is 0.348. The molecular formula is C12H17NO2S. The van der Waals surface area contributed by atoms with E-state index in [1.165, 1.54) is 6.26 Å². The Morgan fingerprint density at radius 1 is 1.19 bits per heavy atom. The van der Waals surface area contributed by atoms with Crippen molar-refractivity contribution in [1.29, 1.82) is 0 Å². The third kappa shape index (κ3) is 1.76.